The van der Waals surface area contributed by atoms with Crippen molar-refractivity contribution in [2.45, 2.75) is 6.92 Å². The number of hydrogen-bond donors (Lipinski definition) is 0. The Hall–Kier alpha value is -1.57. The van der Waals surface area contributed by atoms with E-state index in [2.05, 4.69) is 6.08 Å². The highest BCUT2D eigenvalue weighted by molar-refractivity contribution is 5.93. The van der Waals surface area contributed by atoms with Gasteiger partial charge < -0.3 is 4.74 Å². The predicted molar refractivity (Wildman–Crippen MR) is 54.6 cm³/mol. The number of hydrogen-bond acceptors (Lipinski definition) is 2. The Morgan fingerprint density at radius 2 is 2.36 bits per heavy atom. The lowest BCUT2D eigenvalue weighted by Crippen LogP contribution is -2.04. The van der Waals surface area contributed by atoms with Crippen LogP contribution in [-0.2, 0) is 9.53 Å². The summed E-state index contributed by atoms with van der Waals surface area (Å²) >= 11 is 0. The molecule has 2 nitrogen and oxygen atoms in total. The first-order valence-corrected chi connectivity index (χ1v) is 4.76. The highest BCUT2D eigenvalue weighted by Gasteiger charge is 2.20. The summed E-state index contributed by atoms with van der Waals surface area (Å²) in [5.41, 5.74) is 1.83. The third-order valence-electron chi connectivity index (χ3n) is 2.30. The molecule has 0 aromatic rings. The molecule has 0 saturated heterocycles. The van der Waals surface area contributed by atoms with Gasteiger partial charge in [-0.05, 0) is 18.6 Å². The third-order valence-corrected chi connectivity index (χ3v) is 2.30. The van der Waals surface area contributed by atoms with Gasteiger partial charge in [0.2, 0.25) is 0 Å². The topological polar surface area (TPSA) is 26.3 Å². The van der Waals surface area contributed by atoms with Gasteiger partial charge in [-0.2, -0.15) is 0 Å². The van der Waals surface area contributed by atoms with Crippen LogP contribution >= 0.6 is 0 Å². The number of ether oxygens (including phenoxy) is 1. The van der Waals surface area contributed by atoms with Crippen LogP contribution in [0.2, 0.25) is 0 Å². The molecule has 0 saturated carbocycles. The van der Waals surface area contributed by atoms with Gasteiger partial charge in [0.1, 0.15) is 0 Å². The Labute approximate surface area is 83.3 Å². The number of fused-ring (bicyclic) bond motifs is 1. The minimum absolute atomic E-state index is 0.226. The van der Waals surface area contributed by atoms with Crippen LogP contribution in [-0.4, -0.2) is 12.6 Å². The van der Waals surface area contributed by atoms with Gasteiger partial charge >= 0.3 is 5.97 Å². The summed E-state index contributed by atoms with van der Waals surface area (Å²) in [7, 11) is 0. The maximum Gasteiger partial charge on any atom is 0.337 e. The molecular weight excluding hydrogens is 176 g/mol. The van der Waals surface area contributed by atoms with Crippen LogP contribution in [0, 0.1) is 5.92 Å². The highest BCUT2D eigenvalue weighted by Crippen LogP contribution is 2.29. The zero-order chi connectivity index (χ0) is 9.97. The normalized spacial score (nSPS) is 22.8. The Kier molecular flexibility index (Phi) is 2.35. The van der Waals surface area contributed by atoms with Crippen molar-refractivity contribution in [2.75, 3.05) is 6.61 Å². The number of esters is 1. The van der Waals surface area contributed by atoms with Crippen molar-refractivity contribution < 1.29 is 9.53 Å². The molecule has 0 radical (unpaired) electrons. The molecule has 72 valence electrons. The molecule has 0 aliphatic heterocycles. The van der Waals surface area contributed by atoms with Gasteiger partial charge in [-0.25, -0.2) is 4.79 Å². The molecule has 1 atom stereocenters. The van der Waals surface area contributed by atoms with E-state index in [9.17, 15) is 4.79 Å². The molecule has 2 aliphatic carbocycles. The lowest BCUT2D eigenvalue weighted by Gasteiger charge is -2.06. The molecule has 0 unspecified atom stereocenters. The van der Waals surface area contributed by atoms with E-state index in [1.54, 1.807) is 0 Å². The predicted octanol–water partition coefficient (Wildman–Crippen LogP) is 2.16. The fourth-order valence-corrected chi connectivity index (χ4v) is 1.63. The van der Waals surface area contributed by atoms with Crippen molar-refractivity contribution in [1.82, 2.24) is 0 Å². The van der Waals surface area contributed by atoms with E-state index < -0.39 is 0 Å². The van der Waals surface area contributed by atoms with Gasteiger partial charge in [0.25, 0.3) is 0 Å². The molecule has 0 bridgehead atoms. The SMILES string of the molecule is CCOC(=O)C1=C[C@@H]2C=CC=CC2=C1. The van der Waals surface area contributed by atoms with E-state index in [-0.39, 0.29) is 11.9 Å². The van der Waals surface area contributed by atoms with Crippen LogP contribution in [0.1, 0.15) is 6.92 Å². The number of rotatable bonds is 2. The van der Waals surface area contributed by atoms with Crippen LogP contribution in [0.25, 0.3) is 0 Å². The van der Waals surface area contributed by atoms with Crippen LogP contribution in [0.15, 0.2) is 47.6 Å². The summed E-state index contributed by atoms with van der Waals surface area (Å²) in [5, 5.41) is 0. The minimum Gasteiger partial charge on any atom is -0.462 e. The molecule has 14 heavy (non-hydrogen) atoms. The Balaban J connectivity index is 2.17. The second kappa shape index (κ2) is 3.66. The quantitative estimate of drug-likeness (QED) is 0.621. The van der Waals surface area contributed by atoms with Crippen molar-refractivity contribution in [3.05, 3.63) is 47.6 Å². The van der Waals surface area contributed by atoms with Gasteiger partial charge in [0.15, 0.2) is 0 Å². The molecule has 0 aromatic carbocycles. The van der Waals surface area contributed by atoms with Gasteiger partial charge in [-0.1, -0.05) is 30.4 Å². The average molecular weight is 188 g/mol. The van der Waals surface area contributed by atoms with Crippen molar-refractivity contribution in [3.8, 4) is 0 Å². The Bertz CT molecular complexity index is 370. The number of carbonyl (C=O) groups excluding carboxylic acids is 1. The van der Waals surface area contributed by atoms with Crippen molar-refractivity contribution >= 4 is 5.97 Å². The first-order valence-electron chi connectivity index (χ1n) is 4.76. The number of carbonyl (C=O) groups is 1. The largest absolute Gasteiger partial charge is 0.462 e. The fraction of sp³-hybridized carbons (Fsp3) is 0.250. The van der Waals surface area contributed by atoms with Gasteiger partial charge in [0.05, 0.1) is 12.2 Å². The van der Waals surface area contributed by atoms with Crippen LogP contribution < -0.4 is 0 Å². The molecule has 0 amide bonds. The van der Waals surface area contributed by atoms with E-state index in [4.69, 9.17) is 4.74 Å². The van der Waals surface area contributed by atoms with Crippen molar-refractivity contribution in [3.63, 3.8) is 0 Å². The molecule has 0 heterocycles. The van der Waals surface area contributed by atoms with Crippen molar-refractivity contribution in [2.24, 2.45) is 5.92 Å². The monoisotopic (exact) mass is 188 g/mol. The minimum atomic E-state index is -0.226. The molecule has 2 rings (SSSR count). The molecule has 0 aromatic heterocycles. The molecule has 2 aliphatic rings. The second-order valence-electron chi connectivity index (χ2n) is 3.26. The van der Waals surface area contributed by atoms with Crippen LogP contribution in [0.4, 0.5) is 0 Å². The summed E-state index contributed by atoms with van der Waals surface area (Å²) in [5.74, 6) is 0.0376. The summed E-state index contributed by atoms with van der Waals surface area (Å²) in [6.07, 6.45) is 11.9. The van der Waals surface area contributed by atoms with E-state index >= 15 is 0 Å². The average Bonchev–Trinajstić information content (AvgIpc) is 2.61. The summed E-state index contributed by atoms with van der Waals surface area (Å²) in [6.45, 7) is 2.24. The van der Waals surface area contributed by atoms with Gasteiger partial charge in [-0.15, -0.1) is 0 Å². The Morgan fingerprint density at radius 1 is 1.50 bits per heavy atom. The zero-order valence-electron chi connectivity index (χ0n) is 8.07. The number of allylic oxidation sites excluding steroid dienone is 6. The zero-order valence-corrected chi connectivity index (χ0v) is 8.07. The molecule has 0 spiro atoms. The Morgan fingerprint density at radius 3 is 3.07 bits per heavy atom. The maximum atomic E-state index is 11.4. The maximum absolute atomic E-state index is 11.4. The molecule has 0 N–H and O–H groups in total. The standard InChI is InChI=1S/C12H12O2/c1-2-14-12(13)11-7-9-5-3-4-6-10(9)8-11/h3-9H,2H2,1H3/t9-/m0/s1. The highest BCUT2D eigenvalue weighted by atomic mass is 16.5. The van der Waals surface area contributed by atoms with E-state index in [0.717, 1.165) is 5.57 Å². The lowest BCUT2D eigenvalue weighted by atomic mass is 9.98. The summed E-state index contributed by atoms with van der Waals surface area (Å²) in [6, 6.07) is 0. The molecular formula is C12H12O2. The van der Waals surface area contributed by atoms with Crippen molar-refractivity contribution in [1.29, 1.82) is 0 Å². The lowest BCUT2D eigenvalue weighted by molar-refractivity contribution is -0.138. The van der Waals surface area contributed by atoms with E-state index in [1.165, 1.54) is 0 Å². The van der Waals surface area contributed by atoms with E-state index in [1.807, 2.05) is 37.3 Å². The smallest absolute Gasteiger partial charge is 0.337 e. The van der Waals surface area contributed by atoms with E-state index in [0.29, 0.717) is 12.2 Å². The van der Waals surface area contributed by atoms with Crippen LogP contribution in [0.3, 0.4) is 0 Å². The van der Waals surface area contributed by atoms with Crippen LogP contribution in [0.5, 0.6) is 0 Å². The van der Waals surface area contributed by atoms with Gasteiger partial charge in [-0.3, -0.25) is 0 Å². The van der Waals surface area contributed by atoms with Gasteiger partial charge in [0, 0.05) is 5.92 Å². The first kappa shape index (κ1) is 9.00. The second-order valence-corrected chi connectivity index (χ2v) is 3.26. The first-order chi connectivity index (χ1) is 6.81. The molecule has 0 fully saturated rings. The fourth-order valence-electron chi connectivity index (χ4n) is 1.63. The summed E-state index contributed by atoms with van der Waals surface area (Å²) < 4.78 is 4.93. The summed E-state index contributed by atoms with van der Waals surface area (Å²) in [4.78, 5) is 11.4. The third kappa shape index (κ3) is 1.55. The molecule has 2 heteroatoms.